The van der Waals surface area contributed by atoms with Crippen molar-refractivity contribution in [1.82, 2.24) is 19.8 Å². The predicted octanol–water partition coefficient (Wildman–Crippen LogP) is 6.88. The number of likely N-dealkylation sites (tertiary alicyclic amines) is 1. The topological polar surface area (TPSA) is 80.6 Å². The standard InChI is InChI=1S/C34H41N5O3/c1-5-38-17-13-27(14-18-38)26-10-8-25(9-11-26)24(2)37-33-23-30(12-16-36-33)42-32-22-28-15-19-39(34(40)35-3)31(28)21-29(32)7-6-20-41-4/h8-12,15-16,19,21-23,27H,2,5-7,13-14,17-18,20H2,1,3-4H3,(H,35,40)(H,36,37). The molecule has 0 spiro atoms. The minimum Gasteiger partial charge on any atom is -0.457 e. The molecule has 42 heavy (non-hydrogen) atoms. The lowest BCUT2D eigenvalue weighted by atomic mass is 9.89. The number of hydrogen-bond acceptors (Lipinski definition) is 6. The highest BCUT2D eigenvalue weighted by Crippen LogP contribution is 2.33. The largest absolute Gasteiger partial charge is 0.457 e. The molecule has 8 heteroatoms. The molecule has 0 bridgehead atoms. The Kier molecular flexibility index (Phi) is 9.56. The van der Waals surface area contributed by atoms with Crippen molar-refractivity contribution in [3.05, 3.63) is 90.3 Å². The highest BCUT2D eigenvalue weighted by Gasteiger charge is 2.19. The fraction of sp³-hybridized carbons (Fsp3) is 0.353. The molecule has 220 valence electrons. The summed E-state index contributed by atoms with van der Waals surface area (Å²) in [7, 11) is 3.32. The maximum absolute atomic E-state index is 12.4. The quantitative estimate of drug-likeness (QED) is 0.192. The summed E-state index contributed by atoms with van der Waals surface area (Å²) in [5.74, 6) is 2.68. The third-order valence-electron chi connectivity index (χ3n) is 8.10. The molecule has 0 atom stereocenters. The summed E-state index contributed by atoms with van der Waals surface area (Å²) in [5, 5.41) is 6.96. The average molecular weight is 568 g/mol. The SMILES string of the molecule is C=C(Nc1cc(Oc2cc3ccn(C(=O)NC)c3cc2CCCOC)ccn1)c1ccc(C2CCN(CC)CC2)cc1. The van der Waals surface area contributed by atoms with Crippen molar-refractivity contribution < 1.29 is 14.3 Å². The molecule has 4 aromatic rings. The van der Waals surface area contributed by atoms with Gasteiger partial charge in [0, 0.05) is 50.3 Å². The van der Waals surface area contributed by atoms with E-state index in [1.54, 1.807) is 31.1 Å². The molecule has 1 amide bonds. The van der Waals surface area contributed by atoms with Gasteiger partial charge in [-0.1, -0.05) is 37.8 Å². The van der Waals surface area contributed by atoms with Crippen molar-refractivity contribution in [3.63, 3.8) is 0 Å². The Morgan fingerprint density at radius 2 is 1.88 bits per heavy atom. The van der Waals surface area contributed by atoms with Crippen LogP contribution < -0.4 is 15.4 Å². The van der Waals surface area contributed by atoms with Gasteiger partial charge in [-0.05, 0) is 92.2 Å². The fourth-order valence-corrected chi connectivity index (χ4v) is 5.64. The first-order valence-corrected chi connectivity index (χ1v) is 14.8. The second-order valence-corrected chi connectivity index (χ2v) is 10.8. The lowest BCUT2D eigenvalue weighted by Gasteiger charge is -2.31. The van der Waals surface area contributed by atoms with Gasteiger partial charge in [-0.3, -0.25) is 4.57 Å². The number of aromatic nitrogens is 2. The summed E-state index contributed by atoms with van der Waals surface area (Å²) >= 11 is 0. The second kappa shape index (κ2) is 13.7. The van der Waals surface area contributed by atoms with Gasteiger partial charge < -0.3 is 25.0 Å². The Morgan fingerprint density at radius 1 is 1.10 bits per heavy atom. The number of nitrogens with zero attached hydrogens (tertiary/aromatic N) is 3. The molecule has 2 aromatic heterocycles. The fourth-order valence-electron chi connectivity index (χ4n) is 5.64. The van der Waals surface area contributed by atoms with E-state index in [2.05, 4.69) is 58.3 Å². The molecule has 0 unspecified atom stereocenters. The van der Waals surface area contributed by atoms with Crippen LogP contribution in [0.15, 0.2) is 73.6 Å². The first-order valence-electron chi connectivity index (χ1n) is 14.8. The zero-order chi connectivity index (χ0) is 29.5. The van der Waals surface area contributed by atoms with Crippen molar-refractivity contribution >= 4 is 28.4 Å². The van der Waals surface area contributed by atoms with E-state index in [9.17, 15) is 4.79 Å². The lowest BCUT2D eigenvalue weighted by molar-refractivity contribution is 0.195. The van der Waals surface area contributed by atoms with Gasteiger partial charge in [0.05, 0.1) is 5.52 Å². The summed E-state index contributed by atoms with van der Waals surface area (Å²) in [6.45, 7) is 10.6. The molecule has 2 N–H and O–H groups in total. The molecule has 1 aliphatic heterocycles. The Hall–Kier alpha value is -4.14. The number of piperidine rings is 1. The van der Waals surface area contributed by atoms with Crippen LogP contribution in [-0.2, 0) is 11.2 Å². The molecular formula is C34H41N5O3. The van der Waals surface area contributed by atoms with Crippen LogP contribution in [0.4, 0.5) is 10.6 Å². The molecule has 2 aromatic carbocycles. The Labute approximate surface area is 248 Å². The Morgan fingerprint density at radius 3 is 2.60 bits per heavy atom. The summed E-state index contributed by atoms with van der Waals surface area (Å²) in [6, 6.07) is 18.2. The van der Waals surface area contributed by atoms with Crippen LogP contribution in [0, 0.1) is 0 Å². The van der Waals surface area contributed by atoms with Crippen LogP contribution in [0.3, 0.4) is 0 Å². The normalized spacial score (nSPS) is 14.2. The summed E-state index contributed by atoms with van der Waals surface area (Å²) in [4.78, 5) is 19.4. The maximum Gasteiger partial charge on any atom is 0.325 e. The number of amides is 1. The van der Waals surface area contributed by atoms with Crippen LogP contribution in [0.25, 0.3) is 16.6 Å². The van der Waals surface area contributed by atoms with E-state index in [0.29, 0.717) is 24.1 Å². The monoisotopic (exact) mass is 567 g/mol. The molecule has 3 heterocycles. The van der Waals surface area contributed by atoms with Crippen LogP contribution >= 0.6 is 0 Å². The number of benzene rings is 2. The summed E-state index contributed by atoms with van der Waals surface area (Å²) < 4.78 is 13.3. The molecule has 0 radical (unpaired) electrons. The number of carbonyl (C=O) groups is 1. The summed E-state index contributed by atoms with van der Waals surface area (Å²) in [6.07, 6.45) is 7.50. The zero-order valence-electron chi connectivity index (χ0n) is 24.9. The van der Waals surface area contributed by atoms with Crippen LogP contribution in [0.2, 0.25) is 0 Å². The molecule has 1 aliphatic rings. The van der Waals surface area contributed by atoms with Crippen LogP contribution in [0.1, 0.15) is 48.8 Å². The molecule has 1 saturated heterocycles. The Balaban J connectivity index is 1.29. The van der Waals surface area contributed by atoms with Crippen LogP contribution in [-0.4, -0.2) is 60.9 Å². The van der Waals surface area contributed by atoms with Crippen molar-refractivity contribution in [2.24, 2.45) is 0 Å². The minimum absolute atomic E-state index is 0.182. The molecule has 8 nitrogen and oxygen atoms in total. The van der Waals surface area contributed by atoms with Gasteiger partial charge in [0.2, 0.25) is 0 Å². The maximum atomic E-state index is 12.4. The third-order valence-corrected chi connectivity index (χ3v) is 8.10. The van der Waals surface area contributed by atoms with Gasteiger partial charge in [0.15, 0.2) is 0 Å². The number of rotatable bonds is 11. The zero-order valence-corrected chi connectivity index (χ0v) is 24.9. The second-order valence-electron chi connectivity index (χ2n) is 10.8. The van der Waals surface area contributed by atoms with Gasteiger partial charge in [-0.25, -0.2) is 9.78 Å². The summed E-state index contributed by atoms with van der Waals surface area (Å²) in [5.41, 5.74) is 5.05. The minimum atomic E-state index is -0.182. The smallest absolute Gasteiger partial charge is 0.325 e. The number of hydrogen-bond donors (Lipinski definition) is 2. The van der Waals surface area contributed by atoms with E-state index >= 15 is 0 Å². The molecule has 1 fully saturated rings. The number of ether oxygens (including phenoxy) is 2. The number of aryl methyl sites for hydroxylation is 1. The van der Waals surface area contributed by atoms with E-state index in [1.807, 2.05) is 30.3 Å². The number of methoxy groups -OCH3 is 1. The predicted molar refractivity (Wildman–Crippen MR) is 169 cm³/mol. The van der Waals surface area contributed by atoms with Crippen molar-refractivity contribution in [3.8, 4) is 11.5 Å². The van der Waals surface area contributed by atoms with E-state index in [-0.39, 0.29) is 6.03 Å². The first kappa shape index (κ1) is 29.4. The Bertz CT molecular complexity index is 1520. The lowest BCUT2D eigenvalue weighted by Crippen LogP contribution is -2.32. The number of anilines is 1. The van der Waals surface area contributed by atoms with Gasteiger partial charge in [-0.2, -0.15) is 0 Å². The molecule has 0 saturated carbocycles. The molecular weight excluding hydrogens is 526 g/mol. The van der Waals surface area contributed by atoms with Gasteiger partial charge in [-0.15, -0.1) is 0 Å². The van der Waals surface area contributed by atoms with E-state index in [0.717, 1.165) is 52.9 Å². The van der Waals surface area contributed by atoms with Crippen LogP contribution in [0.5, 0.6) is 11.5 Å². The van der Waals surface area contributed by atoms with Gasteiger partial charge in [0.1, 0.15) is 17.3 Å². The number of pyridine rings is 1. The van der Waals surface area contributed by atoms with Gasteiger partial charge >= 0.3 is 6.03 Å². The molecule has 5 rings (SSSR count). The van der Waals surface area contributed by atoms with E-state index in [4.69, 9.17) is 9.47 Å². The van der Waals surface area contributed by atoms with E-state index in [1.165, 1.54) is 31.5 Å². The van der Waals surface area contributed by atoms with Crippen molar-refractivity contribution in [1.29, 1.82) is 0 Å². The number of nitrogens with one attached hydrogen (secondary N) is 2. The molecule has 0 aliphatic carbocycles. The van der Waals surface area contributed by atoms with Crippen molar-refractivity contribution in [2.75, 3.05) is 45.7 Å². The van der Waals surface area contributed by atoms with Gasteiger partial charge in [0.25, 0.3) is 0 Å². The highest BCUT2D eigenvalue weighted by atomic mass is 16.5. The number of carbonyl (C=O) groups excluding carboxylic acids is 1. The average Bonchev–Trinajstić information content (AvgIpc) is 3.43. The van der Waals surface area contributed by atoms with E-state index < -0.39 is 0 Å². The highest BCUT2D eigenvalue weighted by molar-refractivity contribution is 5.92. The number of fused-ring (bicyclic) bond motifs is 1. The third kappa shape index (κ3) is 6.83. The first-order chi connectivity index (χ1) is 20.5. The van der Waals surface area contributed by atoms with Crippen molar-refractivity contribution in [2.45, 2.75) is 38.5 Å².